The van der Waals surface area contributed by atoms with Crippen LogP contribution in [0.1, 0.15) is 24.2 Å². The zero-order valence-electron chi connectivity index (χ0n) is 8.53. The van der Waals surface area contributed by atoms with E-state index in [4.69, 9.17) is 22.1 Å². The number of halogens is 1. The summed E-state index contributed by atoms with van der Waals surface area (Å²) in [6, 6.07) is 3.60. The highest BCUT2D eigenvalue weighted by molar-refractivity contribution is 6.30. The molecule has 1 heterocycles. The second kappa shape index (κ2) is 4.00. The lowest BCUT2D eigenvalue weighted by Gasteiger charge is -2.14. The number of ether oxygens (including phenoxy) is 1. The van der Waals surface area contributed by atoms with E-state index in [9.17, 15) is 5.11 Å². The maximum Gasteiger partial charge on any atom is 0.128 e. The SMILES string of the molecule is CC1Cc2cc(Cl)cc(C(O)CN)c2O1. The molecule has 1 aliphatic heterocycles. The lowest BCUT2D eigenvalue weighted by Crippen LogP contribution is -2.13. The first-order valence-electron chi connectivity index (χ1n) is 4.99. The van der Waals surface area contributed by atoms with Crippen molar-refractivity contribution in [3.05, 3.63) is 28.3 Å². The van der Waals surface area contributed by atoms with Gasteiger partial charge in [-0.25, -0.2) is 0 Å². The van der Waals surface area contributed by atoms with Crippen LogP contribution in [0.4, 0.5) is 0 Å². The number of nitrogens with two attached hydrogens (primary N) is 1. The summed E-state index contributed by atoms with van der Waals surface area (Å²) in [6.45, 7) is 2.16. The molecule has 3 nitrogen and oxygen atoms in total. The molecule has 0 saturated carbocycles. The van der Waals surface area contributed by atoms with Gasteiger partial charge in [-0.15, -0.1) is 0 Å². The van der Waals surface area contributed by atoms with Crippen LogP contribution >= 0.6 is 11.6 Å². The van der Waals surface area contributed by atoms with Crippen molar-refractivity contribution in [1.29, 1.82) is 0 Å². The lowest BCUT2D eigenvalue weighted by atomic mass is 10.0. The number of aliphatic hydroxyl groups is 1. The summed E-state index contributed by atoms with van der Waals surface area (Å²) >= 11 is 5.97. The highest BCUT2D eigenvalue weighted by Crippen LogP contribution is 2.37. The van der Waals surface area contributed by atoms with Gasteiger partial charge in [0.25, 0.3) is 0 Å². The average molecular weight is 228 g/mol. The van der Waals surface area contributed by atoms with Gasteiger partial charge in [0, 0.05) is 23.6 Å². The molecule has 0 spiro atoms. The first kappa shape index (κ1) is 10.7. The molecule has 1 aromatic carbocycles. The number of benzene rings is 1. The summed E-state index contributed by atoms with van der Waals surface area (Å²) in [5, 5.41) is 10.4. The molecule has 2 atom stereocenters. The van der Waals surface area contributed by atoms with Crippen LogP contribution in [0.5, 0.6) is 5.75 Å². The largest absolute Gasteiger partial charge is 0.490 e. The van der Waals surface area contributed by atoms with Crippen LogP contribution in [0.25, 0.3) is 0 Å². The Bertz CT molecular complexity index is 381. The number of rotatable bonds is 2. The summed E-state index contributed by atoms with van der Waals surface area (Å²) in [7, 11) is 0. The summed E-state index contributed by atoms with van der Waals surface area (Å²) < 4.78 is 5.64. The number of fused-ring (bicyclic) bond motifs is 1. The van der Waals surface area contributed by atoms with E-state index in [0.717, 1.165) is 17.7 Å². The molecular weight excluding hydrogens is 214 g/mol. The van der Waals surface area contributed by atoms with E-state index in [1.165, 1.54) is 0 Å². The summed E-state index contributed by atoms with van der Waals surface area (Å²) in [6.07, 6.45) is 0.269. The molecule has 2 rings (SSSR count). The predicted molar refractivity (Wildman–Crippen MR) is 59.3 cm³/mol. The van der Waals surface area contributed by atoms with Gasteiger partial charge in [0.1, 0.15) is 11.9 Å². The Hall–Kier alpha value is -0.770. The van der Waals surface area contributed by atoms with Gasteiger partial charge in [0.15, 0.2) is 0 Å². The molecule has 82 valence electrons. The topological polar surface area (TPSA) is 55.5 Å². The molecule has 0 fully saturated rings. The second-order valence-corrected chi connectivity index (χ2v) is 4.30. The summed E-state index contributed by atoms with van der Waals surface area (Å²) in [4.78, 5) is 0. The fraction of sp³-hybridized carbons (Fsp3) is 0.455. The van der Waals surface area contributed by atoms with E-state index in [2.05, 4.69) is 0 Å². The molecule has 0 amide bonds. The van der Waals surface area contributed by atoms with E-state index in [-0.39, 0.29) is 12.6 Å². The van der Waals surface area contributed by atoms with Gasteiger partial charge >= 0.3 is 0 Å². The van der Waals surface area contributed by atoms with Crippen LogP contribution in [0.3, 0.4) is 0 Å². The van der Waals surface area contributed by atoms with Crippen molar-refractivity contribution in [2.45, 2.75) is 25.6 Å². The van der Waals surface area contributed by atoms with E-state index < -0.39 is 6.10 Å². The number of hydrogen-bond donors (Lipinski definition) is 2. The van der Waals surface area contributed by atoms with Crippen molar-refractivity contribution >= 4 is 11.6 Å². The third kappa shape index (κ3) is 1.95. The number of aliphatic hydroxyl groups excluding tert-OH is 1. The van der Waals surface area contributed by atoms with E-state index in [1.54, 1.807) is 6.07 Å². The molecule has 2 unspecified atom stereocenters. The van der Waals surface area contributed by atoms with Gasteiger partial charge in [0.05, 0.1) is 6.10 Å². The lowest BCUT2D eigenvalue weighted by molar-refractivity contribution is 0.176. The Labute approximate surface area is 93.8 Å². The van der Waals surface area contributed by atoms with Crippen LogP contribution in [-0.2, 0) is 6.42 Å². The maximum absolute atomic E-state index is 9.74. The second-order valence-electron chi connectivity index (χ2n) is 3.87. The first-order chi connectivity index (χ1) is 7.11. The minimum atomic E-state index is -0.706. The maximum atomic E-state index is 9.74. The van der Waals surface area contributed by atoms with Gasteiger partial charge in [-0.1, -0.05) is 11.6 Å². The molecule has 0 radical (unpaired) electrons. The highest BCUT2D eigenvalue weighted by Gasteiger charge is 2.25. The standard InChI is InChI=1S/C11H14ClNO2/c1-6-2-7-3-8(12)4-9(10(14)5-13)11(7)15-6/h3-4,6,10,14H,2,5,13H2,1H3. The monoisotopic (exact) mass is 227 g/mol. The quantitative estimate of drug-likeness (QED) is 0.808. The zero-order valence-corrected chi connectivity index (χ0v) is 9.29. The Morgan fingerprint density at radius 3 is 3.07 bits per heavy atom. The van der Waals surface area contributed by atoms with Crippen molar-refractivity contribution in [3.8, 4) is 5.75 Å². The van der Waals surface area contributed by atoms with Crippen LogP contribution in [0.15, 0.2) is 12.1 Å². The predicted octanol–water partition coefficient (Wildman–Crippen LogP) is 1.66. The molecule has 0 aromatic heterocycles. The zero-order chi connectivity index (χ0) is 11.0. The van der Waals surface area contributed by atoms with Crippen molar-refractivity contribution < 1.29 is 9.84 Å². The first-order valence-corrected chi connectivity index (χ1v) is 5.36. The molecule has 4 heteroatoms. The molecule has 1 aromatic rings. The molecule has 0 bridgehead atoms. The van der Waals surface area contributed by atoms with Crippen molar-refractivity contribution in [3.63, 3.8) is 0 Å². The van der Waals surface area contributed by atoms with Gasteiger partial charge in [-0.2, -0.15) is 0 Å². The highest BCUT2D eigenvalue weighted by atomic mass is 35.5. The minimum absolute atomic E-state index is 0.141. The fourth-order valence-corrected chi connectivity index (χ4v) is 2.14. The third-order valence-corrected chi connectivity index (χ3v) is 2.79. The summed E-state index contributed by atoms with van der Waals surface area (Å²) in [5.74, 6) is 0.754. The normalized spacial score (nSPS) is 20.9. The molecule has 0 aliphatic carbocycles. The molecular formula is C11H14ClNO2. The van der Waals surface area contributed by atoms with Gasteiger partial charge in [0.2, 0.25) is 0 Å². The van der Waals surface area contributed by atoms with Crippen molar-refractivity contribution in [2.24, 2.45) is 5.73 Å². The number of hydrogen-bond acceptors (Lipinski definition) is 3. The summed E-state index contributed by atoms with van der Waals surface area (Å²) in [5.41, 5.74) is 7.19. The van der Waals surface area contributed by atoms with Crippen LogP contribution in [0.2, 0.25) is 5.02 Å². The minimum Gasteiger partial charge on any atom is -0.490 e. The molecule has 0 saturated heterocycles. The van der Waals surface area contributed by atoms with E-state index >= 15 is 0 Å². The van der Waals surface area contributed by atoms with E-state index in [1.807, 2.05) is 13.0 Å². The van der Waals surface area contributed by atoms with Crippen LogP contribution < -0.4 is 10.5 Å². The van der Waals surface area contributed by atoms with Crippen LogP contribution in [0, 0.1) is 0 Å². The molecule has 1 aliphatic rings. The van der Waals surface area contributed by atoms with Crippen molar-refractivity contribution in [2.75, 3.05) is 6.54 Å². The van der Waals surface area contributed by atoms with Gasteiger partial charge < -0.3 is 15.6 Å². The fourth-order valence-electron chi connectivity index (χ4n) is 1.90. The molecule has 15 heavy (non-hydrogen) atoms. The third-order valence-electron chi connectivity index (χ3n) is 2.57. The Morgan fingerprint density at radius 2 is 2.40 bits per heavy atom. The average Bonchev–Trinajstić information content (AvgIpc) is 2.55. The Morgan fingerprint density at radius 1 is 1.67 bits per heavy atom. The Kier molecular flexibility index (Phi) is 2.87. The van der Waals surface area contributed by atoms with Gasteiger partial charge in [-0.3, -0.25) is 0 Å². The van der Waals surface area contributed by atoms with Crippen LogP contribution in [-0.4, -0.2) is 17.8 Å². The Balaban J connectivity index is 2.47. The smallest absolute Gasteiger partial charge is 0.128 e. The molecule has 3 N–H and O–H groups in total. The van der Waals surface area contributed by atoms with E-state index in [0.29, 0.717) is 10.6 Å². The van der Waals surface area contributed by atoms with Crippen molar-refractivity contribution in [1.82, 2.24) is 0 Å². The van der Waals surface area contributed by atoms with Gasteiger partial charge in [-0.05, 0) is 24.6 Å².